The summed E-state index contributed by atoms with van der Waals surface area (Å²) in [6.45, 7) is 3.01. The van der Waals surface area contributed by atoms with Crippen molar-refractivity contribution in [1.29, 1.82) is 0 Å². The van der Waals surface area contributed by atoms with E-state index in [2.05, 4.69) is 15.0 Å². The summed E-state index contributed by atoms with van der Waals surface area (Å²) in [5.74, 6) is -0.174. The molecule has 6 heteroatoms. The van der Waals surface area contributed by atoms with Crippen LogP contribution in [-0.4, -0.2) is 48.5 Å². The van der Waals surface area contributed by atoms with Crippen molar-refractivity contribution in [2.75, 3.05) is 26.7 Å². The molecule has 0 spiro atoms. The molecule has 1 aromatic rings. The molecule has 0 unspecified atom stereocenters. The molecule has 0 saturated carbocycles. The fourth-order valence-corrected chi connectivity index (χ4v) is 2.30. The molecule has 21 heavy (non-hydrogen) atoms. The van der Waals surface area contributed by atoms with Crippen LogP contribution in [0.2, 0.25) is 0 Å². The van der Waals surface area contributed by atoms with Gasteiger partial charge < -0.3 is 15.0 Å². The zero-order valence-corrected chi connectivity index (χ0v) is 12.3. The Bertz CT molecular complexity index is 481. The maximum Gasteiger partial charge on any atom is 0.339 e. The van der Waals surface area contributed by atoms with E-state index in [9.17, 15) is 9.59 Å². The van der Waals surface area contributed by atoms with Gasteiger partial charge in [-0.2, -0.15) is 0 Å². The lowest BCUT2D eigenvalue weighted by Gasteiger charge is -2.15. The number of likely N-dealkylation sites (tertiary alicyclic amines) is 1. The number of pyridine rings is 1. The maximum atomic E-state index is 11.8. The highest BCUT2D eigenvalue weighted by molar-refractivity contribution is 5.88. The number of rotatable bonds is 6. The smallest absolute Gasteiger partial charge is 0.339 e. The van der Waals surface area contributed by atoms with Crippen molar-refractivity contribution in [3.63, 3.8) is 0 Å². The molecule has 1 aliphatic heterocycles. The molecule has 2 rings (SSSR count). The third-order valence-corrected chi connectivity index (χ3v) is 3.53. The molecule has 1 amide bonds. The Hall–Kier alpha value is -1.95. The van der Waals surface area contributed by atoms with E-state index in [0.29, 0.717) is 25.1 Å². The van der Waals surface area contributed by atoms with Crippen LogP contribution >= 0.6 is 0 Å². The third-order valence-electron chi connectivity index (χ3n) is 3.53. The van der Waals surface area contributed by atoms with Crippen LogP contribution in [0.5, 0.6) is 0 Å². The van der Waals surface area contributed by atoms with Gasteiger partial charge in [0, 0.05) is 38.8 Å². The average Bonchev–Trinajstić information content (AvgIpc) is 3.05. The molecule has 1 aliphatic rings. The summed E-state index contributed by atoms with van der Waals surface area (Å²) in [6, 6.07) is 3.47. The number of methoxy groups -OCH3 is 1. The average molecular weight is 291 g/mol. The zero-order chi connectivity index (χ0) is 15.1. The van der Waals surface area contributed by atoms with Gasteiger partial charge in [-0.15, -0.1) is 0 Å². The molecule has 114 valence electrons. The van der Waals surface area contributed by atoms with E-state index >= 15 is 0 Å². The zero-order valence-electron chi connectivity index (χ0n) is 12.3. The van der Waals surface area contributed by atoms with E-state index < -0.39 is 5.97 Å². The second-order valence-electron chi connectivity index (χ2n) is 5.04. The number of hydrogen-bond acceptors (Lipinski definition) is 5. The number of nitrogens with one attached hydrogen (secondary N) is 1. The molecule has 2 heterocycles. The van der Waals surface area contributed by atoms with Crippen molar-refractivity contribution in [3.05, 3.63) is 29.6 Å². The van der Waals surface area contributed by atoms with Crippen molar-refractivity contribution in [1.82, 2.24) is 15.2 Å². The number of hydrogen-bond donors (Lipinski definition) is 1. The molecule has 0 bridgehead atoms. The summed E-state index contributed by atoms with van der Waals surface area (Å²) in [6.07, 6.45) is 4.25. The van der Waals surface area contributed by atoms with Crippen LogP contribution in [0.3, 0.4) is 0 Å². The van der Waals surface area contributed by atoms with E-state index in [4.69, 9.17) is 0 Å². The summed E-state index contributed by atoms with van der Waals surface area (Å²) < 4.78 is 4.61. The van der Waals surface area contributed by atoms with Gasteiger partial charge >= 0.3 is 5.97 Å². The van der Waals surface area contributed by atoms with E-state index in [1.807, 2.05) is 4.90 Å². The van der Waals surface area contributed by atoms with E-state index in [1.165, 1.54) is 13.3 Å². The highest BCUT2D eigenvalue weighted by Gasteiger charge is 2.16. The number of aromatic nitrogens is 1. The molecule has 1 N–H and O–H groups in total. The van der Waals surface area contributed by atoms with Crippen molar-refractivity contribution in [3.8, 4) is 0 Å². The fourth-order valence-electron chi connectivity index (χ4n) is 2.30. The fraction of sp³-hybridized carbons (Fsp3) is 0.533. The Morgan fingerprint density at radius 2 is 2.10 bits per heavy atom. The van der Waals surface area contributed by atoms with E-state index in [0.717, 1.165) is 31.6 Å². The Labute approximate surface area is 124 Å². The number of nitrogens with zero attached hydrogens (tertiary/aromatic N) is 2. The highest BCUT2D eigenvalue weighted by Crippen LogP contribution is 2.08. The van der Waals surface area contributed by atoms with Gasteiger partial charge in [0.15, 0.2) is 0 Å². The van der Waals surface area contributed by atoms with Crippen LogP contribution in [0, 0.1) is 0 Å². The molecule has 0 atom stereocenters. The van der Waals surface area contributed by atoms with Crippen LogP contribution in [0.1, 0.15) is 35.3 Å². The van der Waals surface area contributed by atoms with Crippen LogP contribution in [0.4, 0.5) is 0 Å². The van der Waals surface area contributed by atoms with Gasteiger partial charge in [0.05, 0.1) is 18.4 Å². The van der Waals surface area contributed by atoms with Crippen molar-refractivity contribution in [2.45, 2.75) is 25.8 Å². The predicted molar refractivity (Wildman–Crippen MR) is 77.7 cm³/mol. The van der Waals surface area contributed by atoms with Crippen molar-refractivity contribution < 1.29 is 14.3 Å². The van der Waals surface area contributed by atoms with E-state index in [-0.39, 0.29) is 5.91 Å². The minimum absolute atomic E-state index is 0.217. The first-order valence-electron chi connectivity index (χ1n) is 7.22. The quantitative estimate of drug-likeness (QED) is 0.624. The minimum Gasteiger partial charge on any atom is -0.465 e. The van der Waals surface area contributed by atoms with Gasteiger partial charge in [0.25, 0.3) is 0 Å². The number of esters is 1. The summed E-state index contributed by atoms with van der Waals surface area (Å²) in [7, 11) is 1.34. The Morgan fingerprint density at radius 1 is 1.33 bits per heavy atom. The number of amides is 1. The summed E-state index contributed by atoms with van der Waals surface area (Å²) >= 11 is 0. The summed E-state index contributed by atoms with van der Waals surface area (Å²) in [4.78, 5) is 29.2. The molecule has 6 nitrogen and oxygen atoms in total. The Balaban J connectivity index is 1.68. The standard InChI is InChI=1S/C15H21N3O3/c1-21-15(20)12-4-5-13(17-10-12)11-16-7-6-14(19)18-8-2-3-9-18/h4-5,10,16H,2-3,6-9,11H2,1H3. The number of carbonyl (C=O) groups is 2. The largest absolute Gasteiger partial charge is 0.465 e. The second-order valence-corrected chi connectivity index (χ2v) is 5.04. The highest BCUT2D eigenvalue weighted by atomic mass is 16.5. The first-order chi connectivity index (χ1) is 10.2. The van der Waals surface area contributed by atoms with E-state index in [1.54, 1.807) is 12.1 Å². The van der Waals surface area contributed by atoms with Crippen molar-refractivity contribution >= 4 is 11.9 Å². The van der Waals surface area contributed by atoms with Crippen LogP contribution in [-0.2, 0) is 16.1 Å². The predicted octanol–water partition coefficient (Wildman–Crippen LogP) is 0.970. The molecular weight excluding hydrogens is 270 g/mol. The lowest BCUT2D eigenvalue weighted by molar-refractivity contribution is -0.130. The third kappa shape index (κ3) is 4.53. The topological polar surface area (TPSA) is 71.5 Å². The summed E-state index contributed by atoms with van der Waals surface area (Å²) in [5.41, 5.74) is 1.27. The molecule has 1 saturated heterocycles. The van der Waals surface area contributed by atoms with Gasteiger partial charge in [-0.05, 0) is 25.0 Å². The number of ether oxygens (including phenoxy) is 1. The Morgan fingerprint density at radius 3 is 2.71 bits per heavy atom. The molecule has 0 aliphatic carbocycles. The monoisotopic (exact) mass is 291 g/mol. The van der Waals surface area contributed by atoms with Gasteiger partial charge in [-0.1, -0.05) is 0 Å². The van der Waals surface area contributed by atoms with Gasteiger partial charge in [0.1, 0.15) is 0 Å². The first kappa shape index (κ1) is 15.4. The summed E-state index contributed by atoms with van der Waals surface area (Å²) in [5, 5.41) is 3.19. The molecule has 1 aromatic heterocycles. The van der Waals surface area contributed by atoms with Crippen molar-refractivity contribution in [2.24, 2.45) is 0 Å². The van der Waals surface area contributed by atoms with Crippen LogP contribution < -0.4 is 5.32 Å². The Kier molecular flexibility index (Phi) is 5.68. The SMILES string of the molecule is COC(=O)c1ccc(CNCCC(=O)N2CCCC2)nc1. The van der Waals surface area contributed by atoms with Gasteiger partial charge in [-0.3, -0.25) is 9.78 Å². The molecule has 0 aromatic carbocycles. The van der Waals surface area contributed by atoms with Crippen LogP contribution in [0.15, 0.2) is 18.3 Å². The molecular formula is C15H21N3O3. The van der Waals surface area contributed by atoms with Gasteiger partial charge in [0.2, 0.25) is 5.91 Å². The molecule has 0 radical (unpaired) electrons. The minimum atomic E-state index is -0.391. The lowest BCUT2D eigenvalue weighted by Crippen LogP contribution is -2.30. The second kappa shape index (κ2) is 7.73. The molecule has 1 fully saturated rings. The van der Waals surface area contributed by atoms with Crippen LogP contribution in [0.25, 0.3) is 0 Å². The first-order valence-corrected chi connectivity index (χ1v) is 7.22. The van der Waals surface area contributed by atoms with Gasteiger partial charge in [-0.25, -0.2) is 4.79 Å². The maximum absolute atomic E-state index is 11.8. The normalized spacial score (nSPS) is 14.2. The number of carbonyl (C=O) groups excluding carboxylic acids is 2. The lowest BCUT2D eigenvalue weighted by atomic mass is 10.2.